The van der Waals surface area contributed by atoms with Gasteiger partial charge in [0, 0.05) is 5.39 Å². The van der Waals surface area contributed by atoms with Crippen molar-refractivity contribution in [3.8, 4) is 0 Å². The van der Waals surface area contributed by atoms with Crippen molar-refractivity contribution in [1.82, 2.24) is 24.7 Å². The van der Waals surface area contributed by atoms with E-state index in [0.717, 1.165) is 16.0 Å². The summed E-state index contributed by atoms with van der Waals surface area (Å²) in [6.45, 7) is 4.29. The highest BCUT2D eigenvalue weighted by molar-refractivity contribution is 7.05. The molecule has 0 bridgehead atoms. The number of nitrogens with zero attached hydrogens (tertiary/aromatic N) is 4. The number of hydrogen-bond acceptors (Lipinski definition) is 6. The molecule has 0 unspecified atom stereocenters. The molecule has 7 nitrogen and oxygen atoms in total. The van der Waals surface area contributed by atoms with Gasteiger partial charge in [0.05, 0.1) is 28.7 Å². The second-order valence-electron chi connectivity index (χ2n) is 5.71. The summed E-state index contributed by atoms with van der Waals surface area (Å²) < 4.78 is 5.10. The van der Waals surface area contributed by atoms with Crippen molar-refractivity contribution >= 4 is 28.2 Å². The first-order chi connectivity index (χ1) is 11.6. The Morgan fingerprint density at radius 3 is 2.92 bits per heavy atom. The van der Waals surface area contributed by atoms with Gasteiger partial charge in [-0.1, -0.05) is 36.5 Å². The maximum Gasteiger partial charge on any atom is 0.275 e. The van der Waals surface area contributed by atoms with Crippen LogP contribution in [0.2, 0.25) is 0 Å². The fourth-order valence-corrected chi connectivity index (χ4v) is 3.12. The third-order valence-corrected chi connectivity index (χ3v) is 4.37. The monoisotopic (exact) mass is 343 g/mol. The number of rotatable bonds is 5. The highest BCUT2D eigenvalue weighted by atomic mass is 32.1. The van der Waals surface area contributed by atoms with E-state index < -0.39 is 0 Å². The van der Waals surface area contributed by atoms with Crippen molar-refractivity contribution in [2.45, 2.75) is 32.9 Å². The van der Waals surface area contributed by atoms with Gasteiger partial charge in [0.2, 0.25) is 5.91 Å². The van der Waals surface area contributed by atoms with E-state index in [1.807, 2.05) is 26.0 Å². The first-order valence-corrected chi connectivity index (χ1v) is 8.36. The number of benzene rings is 1. The molecular formula is C16H17N5O2S. The molecule has 2 heterocycles. The van der Waals surface area contributed by atoms with Crippen LogP contribution in [0.4, 0.5) is 0 Å². The molecule has 1 amide bonds. The number of amides is 1. The molecule has 0 aliphatic carbocycles. The van der Waals surface area contributed by atoms with Crippen LogP contribution in [0, 0.1) is 0 Å². The molecule has 124 valence electrons. The smallest absolute Gasteiger partial charge is 0.275 e. The maximum atomic E-state index is 12.3. The largest absolute Gasteiger partial charge is 0.349 e. The van der Waals surface area contributed by atoms with Crippen LogP contribution in [0.1, 0.15) is 30.3 Å². The van der Waals surface area contributed by atoms with Crippen molar-refractivity contribution in [2.75, 3.05) is 0 Å². The Hall–Kier alpha value is -2.61. The lowest BCUT2D eigenvalue weighted by Gasteiger charge is -2.08. The van der Waals surface area contributed by atoms with Crippen LogP contribution in [-0.4, -0.2) is 25.3 Å². The first-order valence-electron chi connectivity index (χ1n) is 7.59. The van der Waals surface area contributed by atoms with Gasteiger partial charge in [-0.3, -0.25) is 9.59 Å². The van der Waals surface area contributed by atoms with Gasteiger partial charge >= 0.3 is 0 Å². The lowest BCUT2D eigenvalue weighted by Crippen LogP contribution is -2.33. The molecule has 3 aromatic rings. The molecule has 1 N–H and O–H groups in total. The highest BCUT2D eigenvalue weighted by Crippen LogP contribution is 2.19. The third-order valence-electron chi connectivity index (χ3n) is 3.63. The van der Waals surface area contributed by atoms with Crippen molar-refractivity contribution in [2.24, 2.45) is 0 Å². The van der Waals surface area contributed by atoms with E-state index in [4.69, 9.17) is 0 Å². The SMILES string of the molecule is CC(C)c1nnsc1CNC(=O)Cn1ncc2ccccc2c1=O. The van der Waals surface area contributed by atoms with E-state index in [0.29, 0.717) is 11.9 Å². The Balaban J connectivity index is 1.70. The predicted molar refractivity (Wildman–Crippen MR) is 91.8 cm³/mol. The second-order valence-corrected chi connectivity index (χ2v) is 6.55. The number of carbonyl (C=O) groups is 1. The topological polar surface area (TPSA) is 89.8 Å². The predicted octanol–water partition coefficient (Wildman–Crippen LogP) is 1.69. The van der Waals surface area contributed by atoms with Gasteiger partial charge in [-0.2, -0.15) is 5.10 Å². The highest BCUT2D eigenvalue weighted by Gasteiger charge is 2.13. The zero-order valence-corrected chi connectivity index (χ0v) is 14.2. The molecule has 0 saturated heterocycles. The number of carbonyl (C=O) groups excluding carboxylic acids is 1. The number of hydrogen-bond donors (Lipinski definition) is 1. The minimum Gasteiger partial charge on any atom is -0.349 e. The van der Waals surface area contributed by atoms with Crippen LogP contribution in [0.5, 0.6) is 0 Å². The van der Waals surface area contributed by atoms with E-state index in [1.165, 1.54) is 16.2 Å². The summed E-state index contributed by atoms with van der Waals surface area (Å²) in [5.74, 6) is -0.0246. The lowest BCUT2D eigenvalue weighted by atomic mass is 10.1. The summed E-state index contributed by atoms with van der Waals surface area (Å²) in [4.78, 5) is 25.4. The molecule has 0 fully saturated rings. The Morgan fingerprint density at radius 2 is 2.12 bits per heavy atom. The van der Waals surface area contributed by atoms with Gasteiger partial charge in [0.1, 0.15) is 6.54 Å². The zero-order chi connectivity index (χ0) is 17.1. The van der Waals surface area contributed by atoms with E-state index in [1.54, 1.807) is 18.3 Å². The average molecular weight is 343 g/mol. The minimum absolute atomic E-state index is 0.118. The number of nitrogens with one attached hydrogen (secondary N) is 1. The Labute approximate surface area is 142 Å². The van der Waals surface area contributed by atoms with E-state index in [9.17, 15) is 9.59 Å². The molecule has 0 atom stereocenters. The van der Waals surface area contributed by atoms with Gasteiger partial charge in [0.25, 0.3) is 5.56 Å². The quantitative estimate of drug-likeness (QED) is 0.761. The Morgan fingerprint density at radius 1 is 1.33 bits per heavy atom. The van der Waals surface area contributed by atoms with Crippen molar-refractivity contribution < 1.29 is 4.79 Å². The van der Waals surface area contributed by atoms with Gasteiger partial charge in [-0.25, -0.2) is 4.68 Å². The fraction of sp³-hybridized carbons (Fsp3) is 0.312. The molecule has 1 aromatic carbocycles. The first kappa shape index (κ1) is 16.3. The number of aromatic nitrogens is 4. The molecule has 0 aliphatic heterocycles. The fourth-order valence-electron chi connectivity index (χ4n) is 2.39. The zero-order valence-electron chi connectivity index (χ0n) is 13.4. The molecule has 0 radical (unpaired) electrons. The van der Waals surface area contributed by atoms with Crippen LogP contribution in [-0.2, 0) is 17.9 Å². The van der Waals surface area contributed by atoms with E-state index in [-0.39, 0.29) is 23.9 Å². The summed E-state index contributed by atoms with van der Waals surface area (Å²) in [7, 11) is 0. The maximum absolute atomic E-state index is 12.3. The number of fused-ring (bicyclic) bond motifs is 1. The third kappa shape index (κ3) is 3.33. The van der Waals surface area contributed by atoms with Crippen LogP contribution in [0.25, 0.3) is 10.8 Å². The van der Waals surface area contributed by atoms with Crippen molar-refractivity contribution in [1.29, 1.82) is 0 Å². The van der Waals surface area contributed by atoms with E-state index in [2.05, 4.69) is 20.0 Å². The van der Waals surface area contributed by atoms with Crippen molar-refractivity contribution in [3.05, 3.63) is 51.4 Å². The molecule has 2 aromatic heterocycles. The Kier molecular flexibility index (Phi) is 4.66. The van der Waals surface area contributed by atoms with Crippen LogP contribution < -0.4 is 10.9 Å². The summed E-state index contributed by atoms with van der Waals surface area (Å²) in [5, 5.41) is 12.2. The average Bonchev–Trinajstić information content (AvgIpc) is 3.05. The van der Waals surface area contributed by atoms with Crippen LogP contribution in [0.3, 0.4) is 0 Å². The standard InChI is InChI=1S/C16H17N5O2S/c1-10(2)15-13(24-20-19-15)8-17-14(22)9-21-16(23)12-6-4-3-5-11(12)7-18-21/h3-7,10H,8-9H2,1-2H3,(H,17,22). The lowest BCUT2D eigenvalue weighted by molar-refractivity contribution is -0.122. The molecule has 8 heteroatoms. The van der Waals surface area contributed by atoms with Crippen LogP contribution in [0.15, 0.2) is 35.3 Å². The minimum atomic E-state index is -0.275. The summed E-state index contributed by atoms with van der Waals surface area (Å²) in [5.41, 5.74) is 0.617. The Bertz CT molecular complexity index is 931. The van der Waals surface area contributed by atoms with Gasteiger partial charge in [0.15, 0.2) is 0 Å². The second kappa shape index (κ2) is 6.88. The molecule has 3 rings (SSSR count). The van der Waals surface area contributed by atoms with Crippen molar-refractivity contribution in [3.63, 3.8) is 0 Å². The van der Waals surface area contributed by atoms with Gasteiger partial charge in [-0.05, 0) is 23.5 Å². The van der Waals surface area contributed by atoms with Crippen LogP contribution >= 0.6 is 11.5 Å². The molecule has 0 saturated carbocycles. The molecular weight excluding hydrogens is 326 g/mol. The molecule has 24 heavy (non-hydrogen) atoms. The molecule has 0 spiro atoms. The normalized spacial score (nSPS) is 11.1. The van der Waals surface area contributed by atoms with E-state index >= 15 is 0 Å². The van der Waals surface area contributed by atoms with Gasteiger partial charge < -0.3 is 5.32 Å². The molecule has 0 aliphatic rings. The summed E-state index contributed by atoms with van der Waals surface area (Å²) in [6, 6.07) is 7.18. The summed E-state index contributed by atoms with van der Waals surface area (Å²) >= 11 is 1.27. The van der Waals surface area contributed by atoms with Gasteiger partial charge in [-0.15, -0.1) is 5.10 Å². The summed E-state index contributed by atoms with van der Waals surface area (Å²) in [6.07, 6.45) is 1.59.